The molecule has 6 heteroatoms. The number of hydrogen-bond acceptors (Lipinski definition) is 4. The molecule has 3 aromatic rings. The Morgan fingerprint density at radius 1 is 1.25 bits per heavy atom. The molecule has 0 atom stereocenters. The number of anilines is 1. The van der Waals surface area contributed by atoms with E-state index in [4.69, 9.17) is 0 Å². The van der Waals surface area contributed by atoms with Gasteiger partial charge in [0.25, 0.3) is 0 Å². The molecule has 4 nitrogen and oxygen atoms in total. The van der Waals surface area contributed by atoms with Crippen molar-refractivity contribution in [3.05, 3.63) is 41.0 Å². The van der Waals surface area contributed by atoms with Crippen LogP contribution in [-0.2, 0) is 0 Å². The molecule has 20 heavy (non-hydrogen) atoms. The fourth-order valence-electron chi connectivity index (χ4n) is 2.16. The predicted molar refractivity (Wildman–Crippen MR) is 87.9 cm³/mol. The second-order valence-corrected chi connectivity index (χ2v) is 5.91. The number of nitrogens with one attached hydrogen (secondary N) is 1. The second kappa shape index (κ2) is 5.46. The summed E-state index contributed by atoms with van der Waals surface area (Å²) in [5.74, 6) is 1.87. The zero-order chi connectivity index (χ0) is 14.1. The Labute approximate surface area is 129 Å². The molecule has 0 saturated heterocycles. The van der Waals surface area contributed by atoms with Gasteiger partial charge in [0.05, 0.1) is 5.52 Å². The van der Waals surface area contributed by atoms with Crippen LogP contribution in [-0.4, -0.2) is 27.8 Å². The SMILES string of the molecule is CNc1cc2ccc(Br)cc2n1-c1ccnc(SC)n1. The van der Waals surface area contributed by atoms with Gasteiger partial charge in [0.15, 0.2) is 5.16 Å². The van der Waals surface area contributed by atoms with Gasteiger partial charge in [-0.2, -0.15) is 0 Å². The molecule has 0 spiro atoms. The number of halogens is 1. The maximum absolute atomic E-state index is 4.58. The molecule has 2 heterocycles. The van der Waals surface area contributed by atoms with Crippen LogP contribution in [0.25, 0.3) is 16.7 Å². The van der Waals surface area contributed by atoms with Crippen LogP contribution in [0.5, 0.6) is 0 Å². The average molecular weight is 349 g/mol. The highest BCUT2D eigenvalue weighted by Crippen LogP contribution is 2.29. The Balaban J connectivity index is 2.29. The Bertz CT molecular complexity index is 769. The molecule has 0 unspecified atom stereocenters. The van der Waals surface area contributed by atoms with Gasteiger partial charge in [-0.25, -0.2) is 9.97 Å². The van der Waals surface area contributed by atoms with E-state index in [-0.39, 0.29) is 0 Å². The maximum Gasteiger partial charge on any atom is 0.189 e. The van der Waals surface area contributed by atoms with Crippen LogP contribution in [0.1, 0.15) is 0 Å². The lowest BCUT2D eigenvalue weighted by molar-refractivity contribution is 0.909. The van der Waals surface area contributed by atoms with Crippen molar-refractivity contribution < 1.29 is 0 Å². The topological polar surface area (TPSA) is 42.7 Å². The quantitative estimate of drug-likeness (QED) is 0.574. The summed E-state index contributed by atoms with van der Waals surface area (Å²) in [6.07, 6.45) is 3.76. The zero-order valence-corrected chi connectivity index (χ0v) is 13.5. The molecule has 0 aliphatic heterocycles. The standard InChI is InChI=1S/C14H13BrN4S/c1-16-13-7-9-3-4-10(15)8-11(9)19(13)12-5-6-17-14(18-12)20-2/h3-8,16H,1-2H3. The summed E-state index contributed by atoms with van der Waals surface area (Å²) in [7, 11) is 1.91. The third-order valence-corrected chi connectivity index (χ3v) is 4.11. The maximum atomic E-state index is 4.58. The largest absolute Gasteiger partial charge is 0.374 e. The van der Waals surface area contributed by atoms with Crippen LogP contribution in [0, 0.1) is 0 Å². The lowest BCUT2D eigenvalue weighted by Gasteiger charge is -2.10. The average Bonchev–Trinajstić information content (AvgIpc) is 2.85. The second-order valence-electron chi connectivity index (χ2n) is 4.22. The van der Waals surface area contributed by atoms with E-state index < -0.39 is 0 Å². The fourth-order valence-corrected chi connectivity index (χ4v) is 2.86. The summed E-state index contributed by atoms with van der Waals surface area (Å²) in [4.78, 5) is 8.81. The monoisotopic (exact) mass is 348 g/mol. The lowest BCUT2D eigenvalue weighted by atomic mass is 10.2. The molecule has 2 aromatic heterocycles. The summed E-state index contributed by atoms with van der Waals surface area (Å²) in [5, 5.41) is 5.15. The number of hydrogen-bond donors (Lipinski definition) is 1. The minimum Gasteiger partial charge on any atom is -0.374 e. The molecule has 0 amide bonds. The van der Waals surface area contributed by atoms with Crippen molar-refractivity contribution in [2.75, 3.05) is 18.6 Å². The number of benzene rings is 1. The molecule has 3 rings (SSSR count). The summed E-state index contributed by atoms with van der Waals surface area (Å²) in [6.45, 7) is 0. The molecule has 1 aromatic carbocycles. The first-order valence-corrected chi connectivity index (χ1v) is 8.11. The molecule has 1 N–H and O–H groups in total. The van der Waals surface area contributed by atoms with E-state index >= 15 is 0 Å². The van der Waals surface area contributed by atoms with Crippen LogP contribution in [0.15, 0.2) is 46.2 Å². The van der Waals surface area contributed by atoms with Crippen LogP contribution in [0.2, 0.25) is 0 Å². The molecule has 0 aliphatic carbocycles. The van der Waals surface area contributed by atoms with Crippen molar-refractivity contribution in [1.29, 1.82) is 0 Å². The molecule has 0 aliphatic rings. The van der Waals surface area contributed by atoms with Crippen molar-refractivity contribution in [1.82, 2.24) is 14.5 Å². The van der Waals surface area contributed by atoms with Gasteiger partial charge in [0, 0.05) is 23.1 Å². The van der Waals surface area contributed by atoms with Gasteiger partial charge in [-0.1, -0.05) is 33.8 Å². The van der Waals surface area contributed by atoms with Crippen molar-refractivity contribution >= 4 is 44.4 Å². The Kier molecular flexibility index (Phi) is 3.67. The highest BCUT2D eigenvalue weighted by molar-refractivity contribution is 9.10. The first-order chi connectivity index (χ1) is 9.72. The smallest absolute Gasteiger partial charge is 0.189 e. The van der Waals surface area contributed by atoms with Gasteiger partial charge in [-0.05, 0) is 30.5 Å². The van der Waals surface area contributed by atoms with Gasteiger partial charge in [-0.15, -0.1) is 0 Å². The predicted octanol–water partition coefficient (Wildman–Crippen LogP) is 3.95. The Morgan fingerprint density at radius 2 is 2.10 bits per heavy atom. The molecule has 0 bridgehead atoms. The molecule has 0 radical (unpaired) electrons. The minimum absolute atomic E-state index is 0.765. The lowest BCUT2D eigenvalue weighted by Crippen LogP contribution is -2.03. The number of nitrogens with zero attached hydrogens (tertiary/aromatic N) is 3. The van der Waals surface area contributed by atoms with Gasteiger partial charge in [0.1, 0.15) is 11.6 Å². The molecule has 0 fully saturated rings. The van der Waals surface area contributed by atoms with E-state index in [9.17, 15) is 0 Å². The molecular weight excluding hydrogens is 336 g/mol. The van der Waals surface area contributed by atoms with Gasteiger partial charge in [-0.3, -0.25) is 4.57 Å². The van der Waals surface area contributed by atoms with Gasteiger partial charge in [0.2, 0.25) is 0 Å². The highest BCUT2D eigenvalue weighted by Gasteiger charge is 2.11. The molecule has 102 valence electrons. The van der Waals surface area contributed by atoms with Crippen LogP contribution in [0.3, 0.4) is 0 Å². The van der Waals surface area contributed by atoms with E-state index in [1.807, 2.05) is 25.4 Å². The summed E-state index contributed by atoms with van der Waals surface area (Å²) < 4.78 is 3.15. The van der Waals surface area contributed by atoms with E-state index in [2.05, 4.69) is 54.0 Å². The number of fused-ring (bicyclic) bond motifs is 1. The third kappa shape index (κ3) is 2.29. The Morgan fingerprint density at radius 3 is 2.85 bits per heavy atom. The fraction of sp³-hybridized carbons (Fsp3) is 0.143. The van der Waals surface area contributed by atoms with Crippen molar-refractivity contribution in [2.24, 2.45) is 0 Å². The number of aromatic nitrogens is 3. The van der Waals surface area contributed by atoms with Crippen molar-refractivity contribution in [3.63, 3.8) is 0 Å². The van der Waals surface area contributed by atoms with Crippen LogP contribution < -0.4 is 5.32 Å². The number of thioether (sulfide) groups is 1. The molecule has 0 saturated carbocycles. The van der Waals surface area contributed by atoms with Crippen LogP contribution >= 0.6 is 27.7 Å². The minimum atomic E-state index is 0.765. The van der Waals surface area contributed by atoms with E-state index in [0.717, 1.165) is 26.8 Å². The van der Waals surface area contributed by atoms with Gasteiger partial charge < -0.3 is 5.32 Å². The van der Waals surface area contributed by atoms with E-state index in [0.29, 0.717) is 0 Å². The highest BCUT2D eigenvalue weighted by atomic mass is 79.9. The normalized spacial score (nSPS) is 10.9. The summed E-state index contributed by atoms with van der Waals surface area (Å²) >= 11 is 5.06. The Hall–Kier alpha value is -1.53. The zero-order valence-electron chi connectivity index (χ0n) is 11.1. The number of rotatable bonds is 3. The molecular formula is C14H13BrN4S. The summed E-state index contributed by atoms with van der Waals surface area (Å²) in [5.41, 5.74) is 1.11. The summed E-state index contributed by atoms with van der Waals surface area (Å²) in [6, 6.07) is 10.3. The first kappa shape index (κ1) is 13.5. The van der Waals surface area contributed by atoms with Crippen LogP contribution in [0.4, 0.5) is 5.82 Å². The third-order valence-electron chi connectivity index (χ3n) is 3.05. The van der Waals surface area contributed by atoms with Crippen molar-refractivity contribution in [2.45, 2.75) is 5.16 Å². The van der Waals surface area contributed by atoms with E-state index in [1.165, 1.54) is 17.1 Å². The van der Waals surface area contributed by atoms with E-state index in [1.54, 1.807) is 6.20 Å². The van der Waals surface area contributed by atoms with Crippen molar-refractivity contribution in [3.8, 4) is 5.82 Å². The van der Waals surface area contributed by atoms with Gasteiger partial charge >= 0.3 is 0 Å². The first-order valence-electron chi connectivity index (χ1n) is 6.09.